The van der Waals surface area contributed by atoms with Gasteiger partial charge in [0.25, 0.3) is 0 Å². The summed E-state index contributed by atoms with van der Waals surface area (Å²) in [6.45, 7) is 11.3. The second-order valence-corrected chi connectivity index (χ2v) is 19.0. The van der Waals surface area contributed by atoms with Crippen LogP contribution < -0.4 is 0 Å². The summed E-state index contributed by atoms with van der Waals surface area (Å²) in [7, 11) is 0. The molecule has 11 aromatic rings. The van der Waals surface area contributed by atoms with E-state index in [4.69, 9.17) is 0 Å². The SMILES string of the molecule is C=Cc1sc2cc(-c3ccc4c(c3)C(C)(C)c3cc(-c5c6ccccc6c(-c6ccccc6)c6ccccc56)ccc3-4)ccc2c1-c1cc2sc3ccccc3c2cc1C. The maximum atomic E-state index is 4.28. The highest BCUT2D eigenvalue weighted by Crippen LogP contribution is 2.53. The molecule has 60 heavy (non-hydrogen) atoms. The van der Waals surface area contributed by atoms with Gasteiger partial charge < -0.3 is 0 Å². The molecule has 0 saturated carbocycles. The highest BCUT2D eigenvalue weighted by atomic mass is 32.1. The number of hydrogen-bond acceptors (Lipinski definition) is 2. The van der Waals surface area contributed by atoms with Crippen LogP contribution in [0.25, 0.3) is 114 Å². The van der Waals surface area contributed by atoms with Crippen molar-refractivity contribution in [2.24, 2.45) is 0 Å². The number of benzene rings is 9. The van der Waals surface area contributed by atoms with Gasteiger partial charge >= 0.3 is 0 Å². The number of rotatable bonds is 5. The van der Waals surface area contributed by atoms with Gasteiger partial charge in [-0.05, 0) is 132 Å². The lowest BCUT2D eigenvalue weighted by molar-refractivity contribution is 0.661. The number of aryl methyl sites for hydroxylation is 1. The van der Waals surface area contributed by atoms with Crippen molar-refractivity contribution >= 4 is 80.6 Å². The highest BCUT2D eigenvalue weighted by Gasteiger charge is 2.36. The average molecular weight is 801 g/mol. The molecule has 284 valence electrons. The van der Waals surface area contributed by atoms with Crippen LogP contribution in [-0.2, 0) is 5.41 Å². The maximum Gasteiger partial charge on any atom is 0.0361 e. The Morgan fingerprint density at radius 2 is 0.933 bits per heavy atom. The lowest BCUT2D eigenvalue weighted by atomic mass is 9.80. The monoisotopic (exact) mass is 800 g/mol. The van der Waals surface area contributed by atoms with E-state index in [1.54, 1.807) is 0 Å². The van der Waals surface area contributed by atoms with Crippen LogP contribution in [0.4, 0.5) is 0 Å². The summed E-state index contributed by atoms with van der Waals surface area (Å²) in [6, 6.07) is 63.7. The summed E-state index contributed by atoms with van der Waals surface area (Å²) in [5, 5.41) is 9.12. The largest absolute Gasteiger partial charge is 0.135 e. The van der Waals surface area contributed by atoms with Crippen LogP contribution in [0.5, 0.6) is 0 Å². The van der Waals surface area contributed by atoms with Crippen molar-refractivity contribution in [2.45, 2.75) is 26.2 Å². The van der Waals surface area contributed by atoms with Gasteiger partial charge in [0.15, 0.2) is 0 Å². The Labute approximate surface area is 358 Å². The van der Waals surface area contributed by atoms with Crippen LogP contribution >= 0.6 is 22.7 Å². The smallest absolute Gasteiger partial charge is 0.0361 e. The molecule has 0 saturated heterocycles. The minimum absolute atomic E-state index is 0.175. The van der Waals surface area contributed by atoms with E-state index in [1.165, 1.54) is 129 Å². The summed E-state index contributed by atoms with van der Waals surface area (Å²) in [5.74, 6) is 0. The lowest BCUT2D eigenvalue weighted by Crippen LogP contribution is -2.15. The van der Waals surface area contributed by atoms with Gasteiger partial charge in [-0.15, -0.1) is 22.7 Å². The summed E-state index contributed by atoms with van der Waals surface area (Å²) < 4.78 is 3.96. The predicted molar refractivity (Wildman–Crippen MR) is 264 cm³/mol. The molecule has 0 atom stereocenters. The molecule has 0 N–H and O–H groups in total. The summed E-state index contributed by atoms with van der Waals surface area (Å²) in [4.78, 5) is 1.22. The highest BCUT2D eigenvalue weighted by molar-refractivity contribution is 7.25. The molecule has 0 unspecified atom stereocenters. The second kappa shape index (κ2) is 13.2. The molecule has 0 aliphatic heterocycles. The van der Waals surface area contributed by atoms with Crippen molar-refractivity contribution in [3.63, 3.8) is 0 Å². The van der Waals surface area contributed by atoms with E-state index in [2.05, 4.69) is 197 Å². The molecule has 2 heteroatoms. The lowest BCUT2D eigenvalue weighted by Gasteiger charge is -2.23. The van der Waals surface area contributed by atoms with Crippen LogP contribution in [0.3, 0.4) is 0 Å². The fourth-order valence-electron chi connectivity index (χ4n) is 10.3. The van der Waals surface area contributed by atoms with E-state index in [0.717, 1.165) is 0 Å². The molecular weight excluding hydrogens is 761 g/mol. The second-order valence-electron chi connectivity index (χ2n) is 16.9. The first-order valence-corrected chi connectivity index (χ1v) is 22.4. The Bertz CT molecular complexity index is 3540. The van der Waals surface area contributed by atoms with Gasteiger partial charge in [-0.25, -0.2) is 0 Å². The van der Waals surface area contributed by atoms with Crippen molar-refractivity contribution in [1.82, 2.24) is 0 Å². The molecule has 1 aliphatic rings. The normalized spacial score (nSPS) is 13.1. The van der Waals surface area contributed by atoms with E-state index in [-0.39, 0.29) is 5.41 Å². The Hall–Kier alpha value is -6.58. The van der Waals surface area contributed by atoms with Gasteiger partial charge in [0, 0.05) is 46.1 Å². The van der Waals surface area contributed by atoms with E-state index >= 15 is 0 Å². The molecule has 0 nitrogen and oxygen atoms in total. The van der Waals surface area contributed by atoms with Crippen LogP contribution in [0, 0.1) is 6.92 Å². The fourth-order valence-corrected chi connectivity index (χ4v) is 12.5. The molecule has 0 bridgehead atoms. The van der Waals surface area contributed by atoms with Gasteiger partial charge in [-0.3, -0.25) is 0 Å². The molecular formula is C58H40S2. The zero-order valence-corrected chi connectivity index (χ0v) is 35.4. The van der Waals surface area contributed by atoms with E-state index in [1.807, 2.05) is 28.7 Å². The first-order valence-electron chi connectivity index (χ1n) is 20.8. The molecule has 1 aliphatic carbocycles. The summed E-state index contributed by atoms with van der Waals surface area (Å²) >= 11 is 3.73. The third kappa shape index (κ3) is 5.14. The Kier molecular flexibility index (Phi) is 7.79. The minimum Gasteiger partial charge on any atom is -0.135 e. The predicted octanol–water partition coefficient (Wildman–Crippen LogP) is 17.5. The van der Waals surface area contributed by atoms with Crippen molar-refractivity contribution in [1.29, 1.82) is 0 Å². The number of thiophene rings is 2. The van der Waals surface area contributed by atoms with Crippen molar-refractivity contribution in [3.05, 3.63) is 198 Å². The van der Waals surface area contributed by atoms with Crippen LogP contribution in [0.1, 0.15) is 35.4 Å². The van der Waals surface area contributed by atoms with Gasteiger partial charge in [-0.1, -0.05) is 160 Å². The first-order chi connectivity index (χ1) is 29.4. The Morgan fingerprint density at radius 3 is 1.60 bits per heavy atom. The minimum atomic E-state index is -0.175. The molecule has 9 aromatic carbocycles. The maximum absolute atomic E-state index is 4.28. The Morgan fingerprint density at radius 1 is 0.400 bits per heavy atom. The molecule has 0 radical (unpaired) electrons. The summed E-state index contributed by atoms with van der Waals surface area (Å²) in [5.41, 5.74) is 16.8. The zero-order valence-electron chi connectivity index (χ0n) is 33.8. The van der Waals surface area contributed by atoms with Crippen LogP contribution in [-0.4, -0.2) is 0 Å². The standard InChI is InChI=1S/C58H40S2/c1-5-51-57(47-33-54-48(29-34(47)2)41-17-13-14-22-52(41)60-54)46-28-24-37(32-53(46)59-51)36-23-26-39-40-27-25-38(31-50(40)58(3,4)49(39)30-36)56-44-20-11-9-18-42(44)55(35-15-7-6-8-16-35)43-19-10-12-21-45(43)56/h5-33H,1H2,2-4H3. The van der Waals surface area contributed by atoms with Gasteiger partial charge in [-0.2, -0.15) is 0 Å². The summed E-state index contributed by atoms with van der Waals surface area (Å²) in [6.07, 6.45) is 2.04. The third-order valence-electron chi connectivity index (χ3n) is 13.2. The Balaban J connectivity index is 0.950. The van der Waals surface area contributed by atoms with E-state index in [9.17, 15) is 0 Å². The van der Waals surface area contributed by atoms with Crippen molar-refractivity contribution in [3.8, 4) is 55.6 Å². The zero-order chi connectivity index (χ0) is 40.3. The van der Waals surface area contributed by atoms with Crippen LogP contribution in [0.15, 0.2) is 176 Å². The third-order valence-corrected chi connectivity index (χ3v) is 15.5. The molecule has 0 amide bonds. The number of fused-ring (bicyclic) bond motifs is 9. The quantitative estimate of drug-likeness (QED) is 0.152. The first kappa shape index (κ1) is 35.4. The van der Waals surface area contributed by atoms with E-state index in [0.29, 0.717) is 0 Å². The van der Waals surface area contributed by atoms with Crippen molar-refractivity contribution in [2.75, 3.05) is 0 Å². The fraction of sp³-hybridized carbons (Fsp3) is 0.0690. The van der Waals surface area contributed by atoms with Crippen LogP contribution in [0.2, 0.25) is 0 Å². The number of hydrogen-bond donors (Lipinski definition) is 0. The van der Waals surface area contributed by atoms with Crippen molar-refractivity contribution < 1.29 is 0 Å². The molecule has 12 rings (SSSR count). The average Bonchev–Trinajstić information content (AvgIpc) is 3.91. The topological polar surface area (TPSA) is 0 Å². The van der Waals surface area contributed by atoms with Gasteiger partial charge in [0.1, 0.15) is 0 Å². The van der Waals surface area contributed by atoms with E-state index < -0.39 is 0 Å². The molecule has 0 fully saturated rings. The molecule has 0 spiro atoms. The molecule has 2 heterocycles. The van der Waals surface area contributed by atoms with Gasteiger partial charge in [0.05, 0.1) is 0 Å². The van der Waals surface area contributed by atoms with Gasteiger partial charge in [0.2, 0.25) is 0 Å². The molecule has 2 aromatic heterocycles.